The van der Waals surface area contributed by atoms with Gasteiger partial charge in [0.1, 0.15) is 0 Å². The Labute approximate surface area is 156 Å². The number of anilines is 1. The van der Waals surface area contributed by atoms with Crippen molar-refractivity contribution >= 4 is 11.7 Å². The van der Waals surface area contributed by atoms with Crippen molar-refractivity contribution in [1.82, 2.24) is 19.7 Å². The molecule has 0 unspecified atom stereocenters. The number of benzene rings is 2. The van der Waals surface area contributed by atoms with Crippen LogP contribution in [0, 0.1) is 0 Å². The summed E-state index contributed by atoms with van der Waals surface area (Å²) in [5.41, 5.74) is 1.52. The fraction of sp³-hybridized carbons (Fsp3) is 0.250. The second-order valence-corrected chi connectivity index (χ2v) is 6.54. The lowest BCUT2D eigenvalue weighted by Crippen LogP contribution is -2.34. The smallest absolute Gasteiger partial charge is 0.336 e. The van der Waals surface area contributed by atoms with E-state index in [1.807, 2.05) is 60.7 Å². The highest BCUT2D eigenvalue weighted by Crippen LogP contribution is 2.36. The van der Waals surface area contributed by atoms with Crippen LogP contribution in [0.2, 0.25) is 0 Å². The van der Waals surface area contributed by atoms with Crippen LogP contribution < -0.4 is 16.3 Å². The van der Waals surface area contributed by atoms with Crippen LogP contribution in [0.4, 0.5) is 10.5 Å². The summed E-state index contributed by atoms with van der Waals surface area (Å²) in [6, 6.07) is 18.9. The van der Waals surface area contributed by atoms with Crippen LogP contribution in [0.3, 0.4) is 0 Å². The van der Waals surface area contributed by atoms with E-state index in [0.29, 0.717) is 18.9 Å². The van der Waals surface area contributed by atoms with Crippen molar-refractivity contribution in [2.45, 2.75) is 25.4 Å². The normalized spacial score (nSPS) is 13.3. The van der Waals surface area contributed by atoms with E-state index in [9.17, 15) is 9.59 Å². The maximum atomic E-state index is 12.7. The summed E-state index contributed by atoms with van der Waals surface area (Å²) in [5, 5.41) is 10.0. The number of hydrogen-bond donors (Lipinski definition) is 2. The van der Waals surface area contributed by atoms with Crippen LogP contribution in [0.25, 0.3) is 11.4 Å². The predicted octanol–water partition coefficient (Wildman–Crippen LogP) is 2.87. The summed E-state index contributed by atoms with van der Waals surface area (Å²) < 4.78 is 3.21. The fourth-order valence-corrected chi connectivity index (χ4v) is 2.98. The van der Waals surface area contributed by atoms with E-state index < -0.39 is 0 Å². The highest BCUT2D eigenvalue weighted by Gasteiger charge is 2.30. The number of carbonyl (C=O) groups is 1. The largest absolute Gasteiger partial charge is 0.346 e. The quantitative estimate of drug-likeness (QED) is 0.707. The molecule has 2 N–H and O–H groups in total. The third-order valence-corrected chi connectivity index (χ3v) is 4.46. The molecule has 1 aliphatic carbocycles. The van der Waals surface area contributed by atoms with Gasteiger partial charge in [-0.3, -0.25) is 4.57 Å². The lowest BCUT2D eigenvalue weighted by molar-refractivity contribution is 0.251. The number of carbonyl (C=O) groups excluding carboxylic acids is 1. The minimum atomic E-state index is -0.306. The van der Waals surface area contributed by atoms with Crippen LogP contribution in [0.1, 0.15) is 18.9 Å². The van der Waals surface area contributed by atoms with Gasteiger partial charge in [-0.25, -0.2) is 14.3 Å². The Bertz CT molecular complexity index is 975. The number of urea groups is 1. The number of nitrogens with one attached hydrogen (secondary N) is 2. The Morgan fingerprint density at radius 2 is 1.70 bits per heavy atom. The molecule has 1 aromatic heterocycles. The van der Waals surface area contributed by atoms with E-state index in [2.05, 4.69) is 15.7 Å². The molecule has 138 valence electrons. The molecule has 1 aliphatic rings. The van der Waals surface area contributed by atoms with Gasteiger partial charge >= 0.3 is 11.7 Å². The number of rotatable bonds is 6. The van der Waals surface area contributed by atoms with Crippen molar-refractivity contribution in [2.24, 2.45) is 0 Å². The highest BCUT2D eigenvalue weighted by atomic mass is 16.2. The molecule has 1 fully saturated rings. The van der Waals surface area contributed by atoms with E-state index in [-0.39, 0.29) is 17.8 Å². The number of amides is 2. The Hall–Kier alpha value is -3.35. The topological polar surface area (TPSA) is 81.0 Å². The first-order valence-corrected chi connectivity index (χ1v) is 9.07. The Morgan fingerprint density at radius 3 is 2.37 bits per heavy atom. The van der Waals surface area contributed by atoms with Crippen LogP contribution >= 0.6 is 0 Å². The first-order valence-electron chi connectivity index (χ1n) is 9.07. The van der Waals surface area contributed by atoms with E-state index in [0.717, 1.165) is 24.1 Å². The number of nitrogens with zero attached hydrogens (tertiary/aromatic N) is 3. The minimum absolute atomic E-state index is 0.123. The van der Waals surface area contributed by atoms with E-state index in [4.69, 9.17) is 0 Å². The molecule has 0 saturated heterocycles. The van der Waals surface area contributed by atoms with Crippen molar-refractivity contribution < 1.29 is 4.79 Å². The zero-order valence-corrected chi connectivity index (χ0v) is 14.8. The first kappa shape index (κ1) is 17.1. The third kappa shape index (κ3) is 3.92. The van der Waals surface area contributed by atoms with E-state index in [1.165, 1.54) is 4.68 Å². The van der Waals surface area contributed by atoms with Gasteiger partial charge in [-0.15, -0.1) is 5.10 Å². The molecule has 7 heteroatoms. The van der Waals surface area contributed by atoms with E-state index >= 15 is 0 Å². The van der Waals surface area contributed by atoms with Crippen molar-refractivity contribution in [3.05, 3.63) is 71.1 Å². The molecule has 7 nitrogen and oxygen atoms in total. The number of hydrogen-bond acceptors (Lipinski definition) is 3. The lowest BCUT2D eigenvalue weighted by atomic mass is 10.2. The van der Waals surface area contributed by atoms with Gasteiger partial charge in [0.25, 0.3) is 0 Å². The molecule has 0 atom stereocenters. The molecule has 1 heterocycles. The molecule has 1 saturated carbocycles. The summed E-state index contributed by atoms with van der Waals surface area (Å²) >= 11 is 0. The molecule has 3 aromatic rings. The Kier molecular flexibility index (Phi) is 4.74. The van der Waals surface area contributed by atoms with Gasteiger partial charge < -0.3 is 10.6 Å². The van der Waals surface area contributed by atoms with Gasteiger partial charge in [0, 0.05) is 23.8 Å². The minimum Gasteiger partial charge on any atom is -0.336 e. The standard InChI is InChI=1S/C20H21N5O2/c26-19(22-16-9-5-2-6-10-16)21-13-14-24-20(27)25(17-11-12-17)18(23-24)15-7-3-1-4-8-15/h1-10,17H,11-14H2,(H2,21,22,26). The summed E-state index contributed by atoms with van der Waals surface area (Å²) in [6.45, 7) is 0.634. The van der Waals surface area contributed by atoms with Crippen LogP contribution in [-0.2, 0) is 6.54 Å². The molecular weight excluding hydrogens is 342 g/mol. The molecule has 0 aliphatic heterocycles. The average molecular weight is 363 g/mol. The first-order chi connectivity index (χ1) is 13.2. The maximum Gasteiger partial charge on any atom is 0.346 e. The molecule has 4 rings (SSSR count). The molecule has 0 spiro atoms. The maximum absolute atomic E-state index is 12.7. The van der Waals surface area contributed by atoms with Crippen molar-refractivity contribution in [1.29, 1.82) is 0 Å². The van der Waals surface area contributed by atoms with Gasteiger partial charge in [-0.1, -0.05) is 48.5 Å². The molecule has 0 radical (unpaired) electrons. The SMILES string of the molecule is O=C(NCCn1nc(-c2ccccc2)n(C2CC2)c1=O)Nc1ccccc1. The third-order valence-electron chi connectivity index (χ3n) is 4.46. The summed E-state index contributed by atoms with van der Waals surface area (Å²) in [5.74, 6) is 0.692. The van der Waals surface area contributed by atoms with Crippen molar-refractivity contribution in [3.63, 3.8) is 0 Å². The molecule has 27 heavy (non-hydrogen) atoms. The van der Waals surface area contributed by atoms with Crippen LogP contribution in [0.15, 0.2) is 65.5 Å². The number of aromatic nitrogens is 3. The zero-order chi connectivity index (χ0) is 18.6. The fourth-order valence-electron chi connectivity index (χ4n) is 2.98. The van der Waals surface area contributed by atoms with Gasteiger partial charge in [-0.2, -0.15) is 0 Å². The lowest BCUT2D eigenvalue weighted by Gasteiger charge is -2.07. The van der Waals surface area contributed by atoms with Crippen molar-refractivity contribution in [2.75, 3.05) is 11.9 Å². The Morgan fingerprint density at radius 1 is 1.04 bits per heavy atom. The number of para-hydroxylation sites is 1. The summed E-state index contributed by atoms with van der Waals surface area (Å²) in [6.07, 6.45) is 2.01. The second kappa shape index (κ2) is 7.49. The van der Waals surface area contributed by atoms with Crippen LogP contribution in [-0.4, -0.2) is 26.9 Å². The predicted molar refractivity (Wildman–Crippen MR) is 104 cm³/mol. The molecule has 2 amide bonds. The monoisotopic (exact) mass is 363 g/mol. The molecule has 2 aromatic carbocycles. The van der Waals surface area contributed by atoms with Gasteiger partial charge in [0.15, 0.2) is 5.82 Å². The zero-order valence-electron chi connectivity index (χ0n) is 14.8. The summed E-state index contributed by atoms with van der Waals surface area (Å²) in [7, 11) is 0. The van der Waals surface area contributed by atoms with Gasteiger partial charge in [0.05, 0.1) is 6.54 Å². The second-order valence-electron chi connectivity index (χ2n) is 6.54. The highest BCUT2D eigenvalue weighted by molar-refractivity contribution is 5.89. The Balaban J connectivity index is 1.43. The van der Waals surface area contributed by atoms with Gasteiger partial charge in [0.2, 0.25) is 0 Å². The summed E-state index contributed by atoms with van der Waals surface area (Å²) in [4.78, 5) is 24.7. The van der Waals surface area contributed by atoms with Crippen LogP contribution in [0.5, 0.6) is 0 Å². The molecule has 0 bridgehead atoms. The van der Waals surface area contributed by atoms with Crippen molar-refractivity contribution in [3.8, 4) is 11.4 Å². The average Bonchev–Trinajstić information content (AvgIpc) is 3.47. The molecular formula is C20H21N5O2. The van der Waals surface area contributed by atoms with E-state index in [1.54, 1.807) is 4.57 Å². The van der Waals surface area contributed by atoms with Gasteiger partial charge in [-0.05, 0) is 25.0 Å².